The summed E-state index contributed by atoms with van der Waals surface area (Å²) in [6.45, 7) is 0.558. The van der Waals surface area contributed by atoms with E-state index in [2.05, 4.69) is 0 Å². The molecular weight excluding hydrogens is 218 g/mol. The monoisotopic (exact) mass is 235 g/mol. The number of nitro groups is 1. The predicted molar refractivity (Wildman–Crippen MR) is 64.8 cm³/mol. The molecule has 0 amide bonds. The van der Waals surface area contributed by atoms with Gasteiger partial charge in [-0.25, -0.2) is 0 Å². The molecule has 0 atom stereocenters. The molecule has 0 aliphatic heterocycles. The fraction of sp³-hybridized carbons (Fsp3) is 0.538. The van der Waals surface area contributed by atoms with Crippen molar-refractivity contribution in [2.45, 2.75) is 44.8 Å². The highest BCUT2D eigenvalue weighted by Gasteiger charge is 2.13. The summed E-state index contributed by atoms with van der Waals surface area (Å²) in [6, 6.07) is 6.58. The number of benzene rings is 1. The van der Waals surface area contributed by atoms with Gasteiger partial charge in [0.05, 0.1) is 17.6 Å². The van der Waals surface area contributed by atoms with Gasteiger partial charge < -0.3 is 4.74 Å². The fourth-order valence-electron chi connectivity index (χ4n) is 2.16. The average Bonchev–Trinajstić information content (AvgIpc) is 2.38. The van der Waals surface area contributed by atoms with Gasteiger partial charge >= 0.3 is 0 Å². The molecule has 0 saturated heterocycles. The summed E-state index contributed by atoms with van der Waals surface area (Å²) in [7, 11) is 0. The summed E-state index contributed by atoms with van der Waals surface area (Å²) >= 11 is 0. The van der Waals surface area contributed by atoms with Gasteiger partial charge in [-0.05, 0) is 30.5 Å². The Bertz CT molecular complexity index is 369. The largest absolute Gasteiger partial charge is 0.374 e. The van der Waals surface area contributed by atoms with Gasteiger partial charge in [0, 0.05) is 12.1 Å². The minimum absolute atomic E-state index is 0.131. The topological polar surface area (TPSA) is 52.4 Å². The number of hydrogen-bond donors (Lipinski definition) is 0. The highest BCUT2D eigenvalue weighted by atomic mass is 16.6. The predicted octanol–water partition coefficient (Wildman–Crippen LogP) is 3.44. The van der Waals surface area contributed by atoms with E-state index in [0.717, 1.165) is 18.4 Å². The van der Waals surface area contributed by atoms with Crippen molar-refractivity contribution in [3.05, 3.63) is 39.9 Å². The number of hydrogen-bond acceptors (Lipinski definition) is 3. The van der Waals surface area contributed by atoms with Crippen LogP contribution >= 0.6 is 0 Å². The third kappa shape index (κ3) is 3.53. The first-order chi connectivity index (χ1) is 8.25. The van der Waals surface area contributed by atoms with Crippen LogP contribution in [0.1, 0.15) is 37.7 Å². The van der Waals surface area contributed by atoms with Crippen molar-refractivity contribution in [2.24, 2.45) is 0 Å². The Morgan fingerprint density at radius 3 is 2.41 bits per heavy atom. The lowest BCUT2D eigenvalue weighted by Crippen LogP contribution is -2.16. The van der Waals surface area contributed by atoms with Crippen molar-refractivity contribution in [3.8, 4) is 0 Å². The molecule has 1 aromatic carbocycles. The molecule has 1 fully saturated rings. The van der Waals surface area contributed by atoms with Crippen LogP contribution in [0.2, 0.25) is 0 Å². The van der Waals surface area contributed by atoms with Crippen LogP contribution in [0.5, 0.6) is 0 Å². The maximum Gasteiger partial charge on any atom is 0.269 e. The number of rotatable bonds is 4. The zero-order valence-electron chi connectivity index (χ0n) is 9.80. The Morgan fingerprint density at radius 2 is 1.82 bits per heavy atom. The van der Waals surface area contributed by atoms with Gasteiger partial charge in [0.1, 0.15) is 0 Å². The average molecular weight is 235 g/mol. The first kappa shape index (κ1) is 12.0. The Kier molecular flexibility index (Phi) is 4.09. The summed E-state index contributed by atoms with van der Waals surface area (Å²) in [4.78, 5) is 10.1. The Morgan fingerprint density at radius 1 is 1.18 bits per heavy atom. The molecular formula is C13H17NO3. The maximum atomic E-state index is 10.5. The molecule has 0 heterocycles. The zero-order chi connectivity index (χ0) is 12.1. The van der Waals surface area contributed by atoms with Crippen LogP contribution in [-0.2, 0) is 11.3 Å². The quantitative estimate of drug-likeness (QED) is 0.593. The van der Waals surface area contributed by atoms with Gasteiger partial charge in [-0.2, -0.15) is 0 Å². The lowest BCUT2D eigenvalue weighted by Gasteiger charge is -2.21. The van der Waals surface area contributed by atoms with E-state index in [9.17, 15) is 10.1 Å². The minimum atomic E-state index is -0.383. The lowest BCUT2D eigenvalue weighted by atomic mass is 9.98. The minimum Gasteiger partial charge on any atom is -0.374 e. The van der Waals surface area contributed by atoms with Crippen molar-refractivity contribution in [1.29, 1.82) is 0 Å². The number of nitrogens with zero attached hydrogens (tertiary/aromatic N) is 1. The molecule has 4 nitrogen and oxygen atoms in total. The third-order valence-corrected chi connectivity index (χ3v) is 3.19. The molecule has 92 valence electrons. The molecule has 1 saturated carbocycles. The van der Waals surface area contributed by atoms with E-state index in [1.807, 2.05) is 0 Å². The standard InChI is InChI=1S/C13H17NO3/c15-14(16)12-8-6-11(7-9-12)10-17-13-4-2-1-3-5-13/h6-9,13H,1-5,10H2. The van der Waals surface area contributed by atoms with Crippen LogP contribution in [0.25, 0.3) is 0 Å². The molecule has 1 aliphatic carbocycles. The Balaban J connectivity index is 1.84. The SMILES string of the molecule is O=[N+]([O-])c1ccc(COC2CCCCC2)cc1. The first-order valence-corrected chi connectivity index (χ1v) is 6.10. The smallest absolute Gasteiger partial charge is 0.269 e. The number of nitro benzene ring substituents is 1. The molecule has 4 heteroatoms. The van der Waals surface area contributed by atoms with Gasteiger partial charge in [-0.1, -0.05) is 19.3 Å². The maximum absolute atomic E-state index is 10.5. The van der Waals surface area contributed by atoms with Crippen LogP contribution in [0.3, 0.4) is 0 Å². The van der Waals surface area contributed by atoms with E-state index < -0.39 is 0 Å². The molecule has 1 aliphatic rings. The molecule has 2 rings (SSSR count). The van der Waals surface area contributed by atoms with Crippen LogP contribution in [-0.4, -0.2) is 11.0 Å². The Labute approximate surface area is 101 Å². The highest BCUT2D eigenvalue weighted by molar-refractivity contribution is 5.32. The second kappa shape index (κ2) is 5.77. The molecule has 1 aromatic rings. The van der Waals surface area contributed by atoms with E-state index in [-0.39, 0.29) is 10.6 Å². The van der Waals surface area contributed by atoms with Crippen LogP contribution in [0, 0.1) is 10.1 Å². The molecule has 0 spiro atoms. The molecule has 0 N–H and O–H groups in total. The normalized spacial score (nSPS) is 16.9. The van der Waals surface area contributed by atoms with Gasteiger partial charge in [0.25, 0.3) is 5.69 Å². The van der Waals surface area contributed by atoms with Gasteiger partial charge in [0.15, 0.2) is 0 Å². The van der Waals surface area contributed by atoms with Gasteiger partial charge in [-0.3, -0.25) is 10.1 Å². The van der Waals surface area contributed by atoms with Crippen molar-refractivity contribution >= 4 is 5.69 Å². The van der Waals surface area contributed by atoms with Crippen molar-refractivity contribution in [1.82, 2.24) is 0 Å². The number of non-ortho nitro benzene ring substituents is 1. The lowest BCUT2D eigenvalue weighted by molar-refractivity contribution is -0.384. The highest BCUT2D eigenvalue weighted by Crippen LogP contribution is 2.21. The van der Waals surface area contributed by atoms with Crippen LogP contribution < -0.4 is 0 Å². The van der Waals surface area contributed by atoms with Gasteiger partial charge in [0.2, 0.25) is 0 Å². The first-order valence-electron chi connectivity index (χ1n) is 6.10. The fourth-order valence-corrected chi connectivity index (χ4v) is 2.16. The van der Waals surface area contributed by atoms with Crippen molar-refractivity contribution < 1.29 is 9.66 Å². The van der Waals surface area contributed by atoms with Crippen LogP contribution in [0.15, 0.2) is 24.3 Å². The molecule has 0 bridgehead atoms. The van der Waals surface area contributed by atoms with E-state index in [0.29, 0.717) is 12.7 Å². The van der Waals surface area contributed by atoms with Crippen LogP contribution in [0.4, 0.5) is 5.69 Å². The number of ether oxygens (including phenoxy) is 1. The van der Waals surface area contributed by atoms with E-state index in [4.69, 9.17) is 4.74 Å². The summed E-state index contributed by atoms with van der Waals surface area (Å²) in [5, 5.41) is 10.5. The third-order valence-electron chi connectivity index (χ3n) is 3.19. The zero-order valence-corrected chi connectivity index (χ0v) is 9.80. The molecule has 17 heavy (non-hydrogen) atoms. The second-order valence-corrected chi connectivity index (χ2v) is 4.49. The van der Waals surface area contributed by atoms with E-state index in [1.54, 1.807) is 12.1 Å². The van der Waals surface area contributed by atoms with E-state index in [1.165, 1.54) is 31.4 Å². The molecule has 0 unspecified atom stereocenters. The molecule has 0 radical (unpaired) electrons. The molecule has 0 aromatic heterocycles. The second-order valence-electron chi connectivity index (χ2n) is 4.49. The van der Waals surface area contributed by atoms with Gasteiger partial charge in [-0.15, -0.1) is 0 Å². The summed E-state index contributed by atoms with van der Waals surface area (Å²) in [5.41, 5.74) is 1.13. The van der Waals surface area contributed by atoms with Crippen molar-refractivity contribution in [3.63, 3.8) is 0 Å². The van der Waals surface area contributed by atoms with Crippen molar-refractivity contribution in [2.75, 3.05) is 0 Å². The summed E-state index contributed by atoms with van der Waals surface area (Å²) in [5.74, 6) is 0. The van der Waals surface area contributed by atoms with E-state index >= 15 is 0 Å². The summed E-state index contributed by atoms with van der Waals surface area (Å²) < 4.78 is 5.80. The summed E-state index contributed by atoms with van der Waals surface area (Å²) in [6.07, 6.45) is 6.49. The Hall–Kier alpha value is -1.42.